The van der Waals surface area contributed by atoms with Crippen LogP contribution in [0, 0.1) is 25.7 Å². The van der Waals surface area contributed by atoms with Gasteiger partial charge in [-0.2, -0.15) is 4.31 Å². The summed E-state index contributed by atoms with van der Waals surface area (Å²) in [6, 6.07) is 5.10. The minimum Gasteiger partial charge on any atom is -0.481 e. The lowest BCUT2D eigenvalue weighted by atomic mass is 9.76. The molecule has 1 N–H and O–H groups in total. The van der Waals surface area contributed by atoms with E-state index in [2.05, 4.69) is 0 Å². The van der Waals surface area contributed by atoms with Gasteiger partial charge in [-0.05, 0) is 63.8 Å². The van der Waals surface area contributed by atoms with Crippen molar-refractivity contribution in [3.63, 3.8) is 0 Å². The average molecular weight is 435 g/mol. The highest BCUT2D eigenvalue weighted by molar-refractivity contribution is 7.89. The van der Waals surface area contributed by atoms with E-state index in [-0.39, 0.29) is 37.0 Å². The van der Waals surface area contributed by atoms with Gasteiger partial charge in [-0.3, -0.25) is 9.59 Å². The Balaban J connectivity index is 1.71. The monoisotopic (exact) mass is 434 g/mol. The van der Waals surface area contributed by atoms with E-state index in [9.17, 15) is 23.1 Å². The summed E-state index contributed by atoms with van der Waals surface area (Å²) in [6.45, 7) is 8.64. The normalized spacial score (nSPS) is 23.5. The number of piperazine rings is 1. The molecule has 30 heavy (non-hydrogen) atoms. The van der Waals surface area contributed by atoms with Crippen molar-refractivity contribution >= 4 is 21.9 Å². The van der Waals surface area contributed by atoms with Gasteiger partial charge in [0.15, 0.2) is 0 Å². The lowest BCUT2D eigenvalue weighted by Gasteiger charge is -2.38. The third kappa shape index (κ3) is 4.30. The molecule has 0 saturated carbocycles. The Bertz CT molecular complexity index is 991. The molecule has 0 bridgehead atoms. The van der Waals surface area contributed by atoms with Crippen LogP contribution >= 0.6 is 0 Å². The summed E-state index contributed by atoms with van der Waals surface area (Å²) >= 11 is 0. The Morgan fingerprint density at radius 3 is 2.00 bits per heavy atom. The first-order chi connectivity index (χ1) is 14.0. The molecule has 0 spiro atoms. The summed E-state index contributed by atoms with van der Waals surface area (Å²) in [4.78, 5) is 26.7. The van der Waals surface area contributed by atoms with Crippen molar-refractivity contribution in [1.82, 2.24) is 9.21 Å². The fraction of sp³-hybridized carbons (Fsp3) is 0.545. The molecule has 3 rings (SSSR count). The van der Waals surface area contributed by atoms with E-state index in [1.54, 1.807) is 23.1 Å². The third-order valence-electron chi connectivity index (χ3n) is 6.57. The number of carbonyl (C=O) groups excluding carboxylic acids is 1. The molecular formula is C22H30N2O5S. The van der Waals surface area contributed by atoms with Crippen LogP contribution in [0.2, 0.25) is 0 Å². The van der Waals surface area contributed by atoms with Crippen molar-refractivity contribution < 1.29 is 23.1 Å². The first-order valence-corrected chi connectivity index (χ1v) is 11.7. The van der Waals surface area contributed by atoms with Crippen LogP contribution in [0.5, 0.6) is 0 Å². The number of aliphatic carboxylic acids is 1. The predicted molar refractivity (Wildman–Crippen MR) is 113 cm³/mol. The number of benzene rings is 1. The molecule has 0 radical (unpaired) electrons. The topological polar surface area (TPSA) is 95.0 Å². The molecule has 0 aromatic heterocycles. The molecule has 1 saturated heterocycles. The van der Waals surface area contributed by atoms with Crippen LogP contribution in [0.15, 0.2) is 34.2 Å². The summed E-state index contributed by atoms with van der Waals surface area (Å²) in [5, 5.41) is 9.60. The van der Waals surface area contributed by atoms with Crippen LogP contribution in [0.4, 0.5) is 0 Å². The van der Waals surface area contributed by atoms with Crippen molar-refractivity contribution in [3.8, 4) is 0 Å². The maximum Gasteiger partial charge on any atom is 0.307 e. The molecule has 2 atom stereocenters. The second-order valence-electron chi connectivity index (χ2n) is 8.50. The largest absolute Gasteiger partial charge is 0.481 e. The first-order valence-electron chi connectivity index (χ1n) is 10.3. The zero-order valence-corrected chi connectivity index (χ0v) is 18.8. The SMILES string of the molecule is CC1=C(C)C[C@@H](C(=O)N2CCN(S(=O)(=O)c3ccc(C)c(C)c3)CC2)[C@H](C(=O)O)C1. The zero-order chi connectivity index (χ0) is 22.2. The van der Waals surface area contributed by atoms with E-state index in [0.29, 0.717) is 12.8 Å². The van der Waals surface area contributed by atoms with E-state index in [0.717, 1.165) is 22.3 Å². The highest BCUT2D eigenvalue weighted by Gasteiger charge is 2.40. The van der Waals surface area contributed by atoms with Crippen LogP contribution in [0.3, 0.4) is 0 Å². The number of carbonyl (C=O) groups is 2. The van der Waals surface area contributed by atoms with E-state index >= 15 is 0 Å². The van der Waals surface area contributed by atoms with Gasteiger partial charge in [-0.15, -0.1) is 0 Å². The molecule has 0 unspecified atom stereocenters. The zero-order valence-electron chi connectivity index (χ0n) is 18.0. The summed E-state index contributed by atoms with van der Waals surface area (Å²) in [5.74, 6) is -2.44. The molecule has 1 aromatic carbocycles. The van der Waals surface area contributed by atoms with Gasteiger partial charge in [0.25, 0.3) is 0 Å². The highest BCUT2D eigenvalue weighted by Crippen LogP contribution is 2.35. The number of nitrogens with zero attached hydrogens (tertiary/aromatic N) is 2. The standard InChI is InChI=1S/C22H30N2O5S/c1-14-5-6-18(11-15(14)2)30(28,29)24-9-7-23(8-10-24)21(25)19-12-16(3)17(4)13-20(19)22(26)27/h5-6,11,19-20H,7-10,12-13H2,1-4H3,(H,26,27)/t19-,20-/m1/s1. The van der Waals surface area contributed by atoms with Crippen molar-refractivity contribution in [2.24, 2.45) is 11.8 Å². The van der Waals surface area contributed by atoms with E-state index < -0.39 is 27.8 Å². The van der Waals surface area contributed by atoms with Crippen molar-refractivity contribution in [1.29, 1.82) is 0 Å². The van der Waals surface area contributed by atoms with E-state index in [4.69, 9.17) is 0 Å². The molecule has 164 valence electrons. The van der Waals surface area contributed by atoms with E-state index in [1.165, 1.54) is 4.31 Å². The molecule has 1 amide bonds. The van der Waals surface area contributed by atoms with Gasteiger partial charge in [0.1, 0.15) is 0 Å². The maximum absolute atomic E-state index is 13.1. The summed E-state index contributed by atoms with van der Waals surface area (Å²) in [6.07, 6.45) is 0.835. The number of rotatable bonds is 4. The van der Waals surface area contributed by atoms with Gasteiger partial charge in [0.2, 0.25) is 15.9 Å². The first kappa shape index (κ1) is 22.5. The molecule has 1 aromatic rings. The highest BCUT2D eigenvalue weighted by atomic mass is 32.2. The van der Waals surface area contributed by atoms with Crippen molar-refractivity contribution in [2.45, 2.75) is 45.4 Å². The predicted octanol–water partition coefficient (Wildman–Crippen LogP) is 2.58. The van der Waals surface area contributed by atoms with Gasteiger partial charge in [0, 0.05) is 26.2 Å². The summed E-state index contributed by atoms with van der Waals surface area (Å²) < 4.78 is 27.4. The Morgan fingerprint density at radius 2 is 1.47 bits per heavy atom. The minimum atomic E-state index is -3.62. The van der Waals surface area contributed by atoms with E-state index in [1.807, 2.05) is 27.7 Å². The van der Waals surface area contributed by atoms with Crippen LogP contribution < -0.4 is 0 Å². The maximum atomic E-state index is 13.1. The summed E-state index contributed by atoms with van der Waals surface area (Å²) in [5.41, 5.74) is 4.06. The second kappa shape index (κ2) is 8.51. The molecule has 7 nitrogen and oxygen atoms in total. The second-order valence-corrected chi connectivity index (χ2v) is 10.4. The fourth-order valence-corrected chi connectivity index (χ4v) is 5.73. The lowest BCUT2D eigenvalue weighted by Crippen LogP contribution is -2.53. The molecule has 2 aliphatic rings. The molecule has 1 aliphatic carbocycles. The lowest BCUT2D eigenvalue weighted by molar-refractivity contribution is -0.151. The number of aryl methyl sites for hydroxylation is 2. The number of amides is 1. The quantitative estimate of drug-likeness (QED) is 0.735. The van der Waals surface area contributed by atoms with Crippen LogP contribution in [-0.4, -0.2) is 60.8 Å². The van der Waals surface area contributed by atoms with Gasteiger partial charge in [-0.25, -0.2) is 8.42 Å². The summed E-state index contributed by atoms with van der Waals surface area (Å²) in [7, 11) is -3.62. The van der Waals surface area contributed by atoms with Gasteiger partial charge < -0.3 is 10.0 Å². The number of sulfonamides is 1. The van der Waals surface area contributed by atoms with Crippen molar-refractivity contribution in [3.05, 3.63) is 40.5 Å². The van der Waals surface area contributed by atoms with Crippen LogP contribution in [-0.2, 0) is 19.6 Å². The third-order valence-corrected chi connectivity index (χ3v) is 8.46. The molecule has 1 fully saturated rings. The molecule has 1 heterocycles. The van der Waals surface area contributed by atoms with Gasteiger partial charge in [0.05, 0.1) is 16.7 Å². The Morgan fingerprint density at radius 1 is 0.900 bits per heavy atom. The fourth-order valence-electron chi connectivity index (χ4n) is 4.22. The van der Waals surface area contributed by atoms with Gasteiger partial charge >= 0.3 is 5.97 Å². The molecule has 8 heteroatoms. The average Bonchev–Trinajstić information content (AvgIpc) is 2.71. The number of carboxylic acid groups (broad SMARTS) is 1. The number of hydrogen-bond donors (Lipinski definition) is 1. The Hall–Kier alpha value is -2.19. The van der Waals surface area contributed by atoms with Gasteiger partial charge in [-0.1, -0.05) is 17.2 Å². The smallest absolute Gasteiger partial charge is 0.307 e. The number of carboxylic acids is 1. The number of hydrogen-bond acceptors (Lipinski definition) is 4. The number of allylic oxidation sites excluding steroid dienone is 2. The minimum absolute atomic E-state index is 0.183. The van der Waals surface area contributed by atoms with Crippen molar-refractivity contribution in [2.75, 3.05) is 26.2 Å². The van der Waals surface area contributed by atoms with Crippen LogP contribution in [0.25, 0.3) is 0 Å². The molecule has 1 aliphatic heterocycles. The van der Waals surface area contributed by atoms with Crippen LogP contribution in [0.1, 0.15) is 37.8 Å². The Kier molecular flexibility index (Phi) is 6.38. The molecular weight excluding hydrogens is 404 g/mol. The Labute approximate surface area is 178 Å².